The summed E-state index contributed by atoms with van der Waals surface area (Å²) in [7, 11) is 0. The number of benzene rings is 1. The number of nitrogens with zero attached hydrogens (tertiary/aromatic N) is 2. The van der Waals surface area contributed by atoms with Gasteiger partial charge in [-0.2, -0.15) is 11.8 Å². The number of thioether (sulfide) groups is 1. The lowest BCUT2D eigenvalue weighted by Gasteiger charge is -2.32. The minimum atomic E-state index is -1.06. The number of halogens is 1. The molecule has 1 heterocycles. The van der Waals surface area contributed by atoms with E-state index < -0.39 is 22.8 Å². The molecule has 1 N–H and O–H groups in total. The van der Waals surface area contributed by atoms with Crippen LogP contribution in [-0.4, -0.2) is 50.9 Å². The highest BCUT2D eigenvalue weighted by atomic mass is 127. The zero-order chi connectivity index (χ0) is 15.6. The van der Waals surface area contributed by atoms with Crippen molar-refractivity contribution in [1.82, 2.24) is 4.90 Å². The van der Waals surface area contributed by atoms with Crippen molar-refractivity contribution >= 4 is 51.9 Å². The van der Waals surface area contributed by atoms with Crippen LogP contribution in [-0.2, 0) is 4.79 Å². The summed E-state index contributed by atoms with van der Waals surface area (Å²) in [6.45, 7) is 0.319. The minimum Gasteiger partial charge on any atom is -0.480 e. The Morgan fingerprint density at radius 2 is 2.19 bits per heavy atom. The number of carboxylic acid groups (broad SMARTS) is 1. The van der Waals surface area contributed by atoms with E-state index in [0.717, 1.165) is 0 Å². The Morgan fingerprint density at radius 3 is 2.81 bits per heavy atom. The average molecular weight is 422 g/mol. The van der Waals surface area contributed by atoms with Crippen LogP contribution in [0.2, 0.25) is 0 Å². The Balaban J connectivity index is 2.36. The second-order valence-electron chi connectivity index (χ2n) is 4.35. The molecule has 1 fully saturated rings. The molecule has 1 unspecified atom stereocenters. The van der Waals surface area contributed by atoms with Crippen LogP contribution in [0.1, 0.15) is 10.4 Å². The van der Waals surface area contributed by atoms with Gasteiger partial charge in [0.25, 0.3) is 11.6 Å². The second-order valence-corrected chi connectivity index (χ2v) is 6.66. The van der Waals surface area contributed by atoms with Crippen LogP contribution in [0.3, 0.4) is 0 Å². The molecule has 0 aliphatic carbocycles. The number of non-ortho nitro benzene ring substituents is 1. The average Bonchev–Trinajstić information content (AvgIpc) is 2.46. The molecule has 21 heavy (non-hydrogen) atoms. The van der Waals surface area contributed by atoms with Crippen LogP contribution in [0.25, 0.3) is 0 Å². The number of hydrogen-bond acceptors (Lipinski definition) is 5. The highest BCUT2D eigenvalue weighted by Crippen LogP contribution is 2.24. The van der Waals surface area contributed by atoms with Gasteiger partial charge in [-0.25, -0.2) is 4.79 Å². The highest BCUT2D eigenvalue weighted by molar-refractivity contribution is 14.1. The Labute approximate surface area is 138 Å². The Hall–Kier alpha value is -1.36. The lowest BCUT2D eigenvalue weighted by molar-refractivity contribution is -0.384. The number of amides is 1. The van der Waals surface area contributed by atoms with Crippen LogP contribution < -0.4 is 0 Å². The molecule has 0 bridgehead atoms. The zero-order valence-corrected chi connectivity index (χ0v) is 13.7. The molecule has 1 amide bonds. The second kappa shape index (κ2) is 6.60. The number of hydrogen-bond donors (Lipinski definition) is 1. The van der Waals surface area contributed by atoms with E-state index in [-0.39, 0.29) is 11.3 Å². The van der Waals surface area contributed by atoms with Gasteiger partial charge in [-0.1, -0.05) is 0 Å². The number of nitro benzene ring substituents is 1. The van der Waals surface area contributed by atoms with Crippen molar-refractivity contribution in [2.45, 2.75) is 6.04 Å². The van der Waals surface area contributed by atoms with Gasteiger partial charge in [0, 0.05) is 33.8 Å². The monoisotopic (exact) mass is 422 g/mol. The number of carboxylic acids is 1. The van der Waals surface area contributed by atoms with Gasteiger partial charge < -0.3 is 10.0 Å². The predicted octanol–water partition coefficient (Wildman–Crippen LogP) is 1.84. The third-order valence-corrected chi connectivity index (χ3v) is 5.03. The molecule has 1 aromatic carbocycles. The maximum absolute atomic E-state index is 12.5. The van der Waals surface area contributed by atoms with E-state index in [1.807, 2.05) is 22.6 Å². The largest absolute Gasteiger partial charge is 0.480 e. The summed E-state index contributed by atoms with van der Waals surface area (Å²) in [5, 5.41) is 20.0. The highest BCUT2D eigenvalue weighted by Gasteiger charge is 2.34. The fourth-order valence-electron chi connectivity index (χ4n) is 2.00. The van der Waals surface area contributed by atoms with Gasteiger partial charge in [-0.15, -0.1) is 0 Å². The summed E-state index contributed by atoms with van der Waals surface area (Å²) in [5.74, 6) is -0.556. The van der Waals surface area contributed by atoms with Gasteiger partial charge in [0.15, 0.2) is 0 Å². The lowest BCUT2D eigenvalue weighted by atomic mass is 10.1. The standard InChI is InChI=1S/C12H11IN2O5S/c13-9-2-1-7(15(19)20)5-8(9)11(16)14-3-4-21-6-10(14)12(17)18/h1-2,5,10H,3-4,6H2,(H,17,18). The number of carbonyl (C=O) groups excluding carboxylic acids is 1. The summed E-state index contributed by atoms with van der Waals surface area (Å²) in [6.07, 6.45) is 0. The third-order valence-electron chi connectivity index (χ3n) is 3.07. The Bertz CT molecular complexity index is 609. The number of nitro groups is 1. The van der Waals surface area contributed by atoms with Gasteiger partial charge >= 0.3 is 5.97 Å². The van der Waals surface area contributed by atoms with Crippen molar-refractivity contribution in [2.75, 3.05) is 18.1 Å². The lowest BCUT2D eigenvalue weighted by Crippen LogP contribution is -2.50. The first-order chi connectivity index (χ1) is 9.91. The topological polar surface area (TPSA) is 101 Å². The van der Waals surface area contributed by atoms with E-state index in [4.69, 9.17) is 0 Å². The van der Waals surface area contributed by atoms with E-state index in [1.54, 1.807) is 0 Å². The Morgan fingerprint density at radius 1 is 1.48 bits per heavy atom. The van der Waals surface area contributed by atoms with Gasteiger partial charge in [0.05, 0.1) is 10.5 Å². The molecular weight excluding hydrogens is 411 g/mol. The molecular formula is C12H11IN2O5S. The quantitative estimate of drug-likeness (QED) is 0.453. The fraction of sp³-hybridized carbons (Fsp3) is 0.333. The van der Waals surface area contributed by atoms with Crippen LogP contribution in [0, 0.1) is 13.7 Å². The smallest absolute Gasteiger partial charge is 0.327 e. The molecule has 0 radical (unpaired) electrons. The van der Waals surface area contributed by atoms with Crippen molar-refractivity contribution in [3.63, 3.8) is 0 Å². The molecule has 1 atom stereocenters. The van der Waals surface area contributed by atoms with E-state index in [2.05, 4.69) is 0 Å². The molecule has 2 rings (SSSR count). The van der Waals surface area contributed by atoms with Crippen LogP contribution in [0.5, 0.6) is 0 Å². The van der Waals surface area contributed by atoms with Crippen molar-refractivity contribution in [3.05, 3.63) is 37.4 Å². The molecule has 112 valence electrons. The maximum atomic E-state index is 12.5. The fourth-order valence-corrected chi connectivity index (χ4v) is 3.60. The van der Waals surface area contributed by atoms with E-state index in [9.17, 15) is 24.8 Å². The third kappa shape index (κ3) is 3.46. The van der Waals surface area contributed by atoms with Crippen molar-refractivity contribution < 1.29 is 19.6 Å². The molecule has 0 spiro atoms. The molecule has 1 saturated heterocycles. The van der Waals surface area contributed by atoms with Gasteiger partial charge in [-0.05, 0) is 28.7 Å². The SMILES string of the molecule is O=C(O)C1CSCCN1C(=O)c1cc([N+](=O)[O-])ccc1I. The van der Waals surface area contributed by atoms with Crippen LogP contribution in [0.15, 0.2) is 18.2 Å². The summed E-state index contributed by atoms with van der Waals surface area (Å²) in [4.78, 5) is 35.3. The first kappa shape index (κ1) is 16.0. The predicted molar refractivity (Wildman–Crippen MR) is 85.6 cm³/mol. The molecule has 1 aromatic rings. The molecule has 1 aliphatic heterocycles. The zero-order valence-electron chi connectivity index (χ0n) is 10.7. The number of carbonyl (C=O) groups is 2. The van der Waals surface area contributed by atoms with E-state index in [0.29, 0.717) is 21.6 Å². The molecule has 7 nitrogen and oxygen atoms in total. The summed E-state index contributed by atoms with van der Waals surface area (Å²) in [6, 6.07) is 3.11. The molecule has 9 heteroatoms. The minimum absolute atomic E-state index is 0.169. The first-order valence-electron chi connectivity index (χ1n) is 5.97. The van der Waals surface area contributed by atoms with Gasteiger partial charge in [0.2, 0.25) is 0 Å². The summed E-state index contributed by atoms with van der Waals surface area (Å²) in [5.41, 5.74) is -0.0139. The first-order valence-corrected chi connectivity index (χ1v) is 8.20. The maximum Gasteiger partial charge on any atom is 0.327 e. The molecule has 1 aliphatic rings. The van der Waals surface area contributed by atoms with Crippen molar-refractivity contribution in [1.29, 1.82) is 0 Å². The Kier molecular flexibility index (Phi) is 5.04. The molecule has 0 aromatic heterocycles. The van der Waals surface area contributed by atoms with E-state index in [1.165, 1.54) is 34.9 Å². The number of aliphatic carboxylic acids is 1. The van der Waals surface area contributed by atoms with Crippen LogP contribution in [0.4, 0.5) is 5.69 Å². The summed E-state index contributed by atoms with van der Waals surface area (Å²) < 4.78 is 0.561. The van der Waals surface area contributed by atoms with Crippen LogP contribution >= 0.6 is 34.4 Å². The van der Waals surface area contributed by atoms with Crippen molar-refractivity contribution in [2.24, 2.45) is 0 Å². The normalized spacial score (nSPS) is 18.3. The van der Waals surface area contributed by atoms with Gasteiger partial charge in [0.1, 0.15) is 6.04 Å². The van der Waals surface area contributed by atoms with E-state index >= 15 is 0 Å². The summed E-state index contributed by atoms with van der Waals surface area (Å²) >= 11 is 3.39. The molecule has 0 saturated carbocycles. The van der Waals surface area contributed by atoms with Gasteiger partial charge in [-0.3, -0.25) is 14.9 Å². The number of rotatable bonds is 3. The van der Waals surface area contributed by atoms with Crippen molar-refractivity contribution in [3.8, 4) is 0 Å².